The number of hydrogen-bond donors (Lipinski definition) is 0. The van der Waals surface area contributed by atoms with Gasteiger partial charge in [0.1, 0.15) is 10.8 Å². The van der Waals surface area contributed by atoms with Gasteiger partial charge in [0, 0.05) is 42.2 Å². The van der Waals surface area contributed by atoms with E-state index in [1.165, 1.54) is 29.5 Å². The van der Waals surface area contributed by atoms with Crippen molar-refractivity contribution in [3.05, 3.63) is 35.3 Å². The molecule has 0 amide bonds. The first kappa shape index (κ1) is 13.9. The molecule has 20 heavy (non-hydrogen) atoms. The standard InChI is InChI=1S/C15H18N2OS2/c1-18-14-5-3-2-4-13(14)15-16-10-12(20-15)11-17-6-8-19-9-7-17/h2-5,10H,6-9,11H2,1H3. The zero-order chi connectivity index (χ0) is 13.8. The van der Waals surface area contributed by atoms with Gasteiger partial charge in [-0.1, -0.05) is 12.1 Å². The summed E-state index contributed by atoms with van der Waals surface area (Å²) in [4.78, 5) is 8.41. The van der Waals surface area contributed by atoms with Crippen LogP contribution in [0.5, 0.6) is 5.75 Å². The number of thiazole rings is 1. The third kappa shape index (κ3) is 3.16. The van der Waals surface area contributed by atoms with Crippen LogP contribution in [0.1, 0.15) is 4.88 Å². The van der Waals surface area contributed by atoms with Gasteiger partial charge in [-0.05, 0) is 12.1 Å². The third-order valence-corrected chi connectivity index (χ3v) is 5.33. The maximum Gasteiger partial charge on any atom is 0.129 e. The van der Waals surface area contributed by atoms with E-state index >= 15 is 0 Å². The lowest BCUT2D eigenvalue weighted by atomic mass is 10.2. The molecule has 1 fully saturated rings. The van der Waals surface area contributed by atoms with Crippen LogP contribution < -0.4 is 4.74 Å². The molecule has 0 bridgehead atoms. The molecule has 0 spiro atoms. The Bertz CT molecular complexity index is 565. The Labute approximate surface area is 128 Å². The van der Waals surface area contributed by atoms with Crippen molar-refractivity contribution in [2.45, 2.75) is 6.54 Å². The smallest absolute Gasteiger partial charge is 0.129 e. The zero-order valence-electron chi connectivity index (χ0n) is 11.5. The van der Waals surface area contributed by atoms with Crippen LogP contribution in [0.2, 0.25) is 0 Å². The van der Waals surface area contributed by atoms with Gasteiger partial charge in [-0.15, -0.1) is 11.3 Å². The lowest BCUT2D eigenvalue weighted by molar-refractivity contribution is 0.297. The van der Waals surface area contributed by atoms with Gasteiger partial charge >= 0.3 is 0 Å². The van der Waals surface area contributed by atoms with Gasteiger partial charge < -0.3 is 4.74 Å². The first-order valence-electron chi connectivity index (χ1n) is 6.75. The molecular formula is C15H18N2OS2. The minimum Gasteiger partial charge on any atom is -0.496 e. The van der Waals surface area contributed by atoms with Crippen molar-refractivity contribution < 1.29 is 4.74 Å². The minimum absolute atomic E-state index is 0.891. The molecule has 0 atom stereocenters. The van der Waals surface area contributed by atoms with Crippen molar-refractivity contribution in [2.24, 2.45) is 0 Å². The van der Waals surface area contributed by atoms with E-state index in [-0.39, 0.29) is 0 Å². The monoisotopic (exact) mass is 306 g/mol. The quantitative estimate of drug-likeness (QED) is 0.865. The summed E-state index contributed by atoms with van der Waals surface area (Å²) >= 11 is 3.82. The van der Waals surface area contributed by atoms with E-state index in [0.29, 0.717) is 0 Å². The molecule has 3 nitrogen and oxygen atoms in total. The van der Waals surface area contributed by atoms with E-state index in [4.69, 9.17) is 4.74 Å². The lowest BCUT2D eigenvalue weighted by Crippen LogP contribution is -2.31. The Kier molecular flexibility index (Phi) is 4.60. The maximum atomic E-state index is 5.41. The fraction of sp³-hybridized carbons (Fsp3) is 0.400. The Balaban J connectivity index is 1.75. The van der Waals surface area contributed by atoms with Gasteiger partial charge in [-0.3, -0.25) is 4.90 Å². The highest BCUT2D eigenvalue weighted by molar-refractivity contribution is 7.99. The Morgan fingerprint density at radius 1 is 1.25 bits per heavy atom. The molecule has 0 N–H and O–H groups in total. The average molecular weight is 306 g/mol. The highest BCUT2D eigenvalue weighted by Gasteiger charge is 2.14. The first-order chi connectivity index (χ1) is 9.86. The highest BCUT2D eigenvalue weighted by atomic mass is 32.2. The molecule has 2 heterocycles. The van der Waals surface area contributed by atoms with E-state index in [9.17, 15) is 0 Å². The van der Waals surface area contributed by atoms with E-state index in [0.717, 1.165) is 22.9 Å². The second-order valence-electron chi connectivity index (χ2n) is 4.72. The van der Waals surface area contributed by atoms with Gasteiger partial charge in [0.15, 0.2) is 0 Å². The maximum absolute atomic E-state index is 5.41. The van der Waals surface area contributed by atoms with Crippen molar-refractivity contribution >= 4 is 23.1 Å². The molecule has 0 aliphatic carbocycles. The van der Waals surface area contributed by atoms with Crippen molar-refractivity contribution in [3.8, 4) is 16.3 Å². The summed E-state index contributed by atoms with van der Waals surface area (Å²) in [5.41, 5.74) is 1.08. The van der Waals surface area contributed by atoms with Gasteiger partial charge in [0.25, 0.3) is 0 Å². The van der Waals surface area contributed by atoms with Crippen molar-refractivity contribution in [2.75, 3.05) is 31.7 Å². The number of rotatable bonds is 4. The Morgan fingerprint density at radius 2 is 2.05 bits per heavy atom. The normalized spacial score (nSPS) is 16.2. The number of methoxy groups -OCH3 is 1. The molecule has 5 heteroatoms. The van der Waals surface area contributed by atoms with Crippen LogP contribution in [0.25, 0.3) is 10.6 Å². The van der Waals surface area contributed by atoms with Crippen LogP contribution in [0.3, 0.4) is 0 Å². The summed E-state index contributed by atoms with van der Waals surface area (Å²) in [6.45, 7) is 3.40. The molecule has 1 aliphatic heterocycles. The summed E-state index contributed by atoms with van der Waals surface area (Å²) in [6.07, 6.45) is 2.01. The SMILES string of the molecule is COc1ccccc1-c1ncc(CN2CCSCC2)s1. The predicted octanol–water partition coefficient (Wildman–Crippen LogP) is 3.37. The van der Waals surface area contributed by atoms with Crippen molar-refractivity contribution in [1.29, 1.82) is 0 Å². The van der Waals surface area contributed by atoms with Gasteiger partial charge in [-0.25, -0.2) is 4.98 Å². The fourth-order valence-corrected chi connectivity index (χ4v) is 4.27. The summed E-state index contributed by atoms with van der Waals surface area (Å²) in [5.74, 6) is 3.39. The second kappa shape index (κ2) is 6.61. The average Bonchev–Trinajstić information content (AvgIpc) is 2.96. The molecule has 1 aliphatic rings. The molecule has 2 aromatic rings. The second-order valence-corrected chi connectivity index (χ2v) is 7.06. The van der Waals surface area contributed by atoms with Crippen LogP contribution in [-0.2, 0) is 6.54 Å². The number of ether oxygens (including phenoxy) is 1. The largest absolute Gasteiger partial charge is 0.496 e. The van der Waals surface area contributed by atoms with Gasteiger partial charge in [0.05, 0.1) is 12.7 Å². The number of nitrogens with zero attached hydrogens (tertiary/aromatic N) is 2. The van der Waals surface area contributed by atoms with Crippen LogP contribution in [-0.4, -0.2) is 41.6 Å². The molecule has 0 radical (unpaired) electrons. The molecule has 1 saturated heterocycles. The highest BCUT2D eigenvalue weighted by Crippen LogP contribution is 2.33. The molecule has 1 aromatic carbocycles. The Morgan fingerprint density at radius 3 is 2.85 bits per heavy atom. The van der Waals surface area contributed by atoms with Crippen LogP contribution >= 0.6 is 23.1 Å². The van der Waals surface area contributed by atoms with Gasteiger partial charge in [0.2, 0.25) is 0 Å². The lowest BCUT2D eigenvalue weighted by Gasteiger charge is -2.25. The molecular weight excluding hydrogens is 288 g/mol. The van der Waals surface area contributed by atoms with E-state index in [2.05, 4.69) is 16.0 Å². The molecule has 1 aromatic heterocycles. The van der Waals surface area contributed by atoms with E-state index < -0.39 is 0 Å². The summed E-state index contributed by atoms with van der Waals surface area (Å²) in [7, 11) is 1.71. The van der Waals surface area contributed by atoms with Crippen molar-refractivity contribution in [3.63, 3.8) is 0 Å². The van der Waals surface area contributed by atoms with E-state index in [1.807, 2.05) is 36.2 Å². The molecule has 0 saturated carbocycles. The molecule has 106 valence electrons. The number of hydrogen-bond acceptors (Lipinski definition) is 5. The summed E-state index contributed by atoms with van der Waals surface area (Å²) < 4.78 is 5.41. The topological polar surface area (TPSA) is 25.4 Å². The number of thioether (sulfide) groups is 1. The number of benzene rings is 1. The third-order valence-electron chi connectivity index (χ3n) is 3.37. The van der Waals surface area contributed by atoms with Crippen molar-refractivity contribution in [1.82, 2.24) is 9.88 Å². The van der Waals surface area contributed by atoms with Gasteiger partial charge in [-0.2, -0.15) is 11.8 Å². The van der Waals surface area contributed by atoms with E-state index in [1.54, 1.807) is 18.4 Å². The first-order valence-corrected chi connectivity index (χ1v) is 8.72. The summed E-state index contributed by atoms with van der Waals surface area (Å²) in [6, 6.07) is 8.07. The number of para-hydroxylation sites is 1. The zero-order valence-corrected chi connectivity index (χ0v) is 13.2. The summed E-state index contributed by atoms with van der Waals surface area (Å²) in [5, 5.41) is 1.05. The van der Waals surface area contributed by atoms with Crippen LogP contribution in [0, 0.1) is 0 Å². The molecule has 3 rings (SSSR count). The van der Waals surface area contributed by atoms with Crippen LogP contribution in [0.15, 0.2) is 30.5 Å². The Hall–Kier alpha value is -1.04. The molecule has 0 unspecified atom stereocenters. The number of aromatic nitrogens is 1. The minimum atomic E-state index is 0.891. The fourth-order valence-electron chi connectivity index (χ4n) is 2.31. The predicted molar refractivity (Wildman–Crippen MR) is 86.7 cm³/mol. The van der Waals surface area contributed by atoms with Crippen LogP contribution in [0.4, 0.5) is 0 Å².